The molecule has 6 rings (SSSR count). The lowest BCUT2D eigenvalue weighted by molar-refractivity contribution is 0.240. The van der Waals surface area contributed by atoms with Gasteiger partial charge < -0.3 is 15.3 Å². The van der Waals surface area contributed by atoms with Crippen LogP contribution in [0.5, 0.6) is 0 Å². The number of piperazine rings is 1. The zero-order valence-electron chi connectivity index (χ0n) is 26.4. The molecule has 0 amide bonds. The zero-order valence-corrected chi connectivity index (χ0v) is 26.4. The first-order valence-corrected chi connectivity index (χ1v) is 15.0. The molecule has 1 aliphatic rings. The van der Waals surface area contributed by atoms with Crippen LogP contribution in [0.3, 0.4) is 0 Å². The Bertz CT molecular complexity index is 2040. The number of aliphatic hydroxyl groups excluding tert-OH is 1. The fourth-order valence-electron chi connectivity index (χ4n) is 5.73. The van der Waals surface area contributed by atoms with Gasteiger partial charge in [0.15, 0.2) is 0 Å². The summed E-state index contributed by atoms with van der Waals surface area (Å²) in [5.74, 6) is 0.119. The van der Waals surface area contributed by atoms with Gasteiger partial charge in [-0.2, -0.15) is 14.9 Å². The zero-order chi connectivity index (χ0) is 32.7. The summed E-state index contributed by atoms with van der Waals surface area (Å²) in [5, 5.41) is 23.1. The number of likely N-dealkylation sites (N-methyl/N-ethyl adjacent to an activating group) is 1. The molecule has 3 aromatic heterocycles. The third-order valence-electron chi connectivity index (χ3n) is 8.43. The minimum atomic E-state index is -0.647. The van der Waals surface area contributed by atoms with Crippen molar-refractivity contribution in [2.45, 2.75) is 39.0 Å². The lowest BCUT2D eigenvalue weighted by Crippen LogP contribution is -2.55. The van der Waals surface area contributed by atoms with Crippen molar-refractivity contribution in [3.8, 4) is 16.9 Å². The molecule has 1 unspecified atom stereocenters. The van der Waals surface area contributed by atoms with E-state index in [0.29, 0.717) is 34.4 Å². The van der Waals surface area contributed by atoms with Gasteiger partial charge in [-0.3, -0.25) is 19.5 Å². The van der Waals surface area contributed by atoms with Crippen molar-refractivity contribution in [2.24, 2.45) is 7.05 Å². The molecule has 238 valence electrons. The van der Waals surface area contributed by atoms with Gasteiger partial charge in [0.1, 0.15) is 17.3 Å². The van der Waals surface area contributed by atoms with Crippen LogP contribution in [0.15, 0.2) is 70.8 Å². The van der Waals surface area contributed by atoms with Gasteiger partial charge in [-0.25, -0.2) is 14.1 Å². The molecule has 5 aromatic rings. The highest BCUT2D eigenvalue weighted by molar-refractivity contribution is 5.83. The second-order valence-electron chi connectivity index (χ2n) is 12.5. The summed E-state index contributed by atoms with van der Waals surface area (Å²) in [7, 11) is 3.53. The SMILES string of the molecule is CN1CCN(c2cnccn2)CC1Nc1cc(-c2cccc(-n3ncc4cc(C(C)(C)C)cc(F)c4c3=O)c2CO)nn(C)c1=O. The normalized spacial score (nSPS) is 15.8. The van der Waals surface area contributed by atoms with Gasteiger partial charge in [0, 0.05) is 49.0 Å². The summed E-state index contributed by atoms with van der Waals surface area (Å²) in [6.45, 7) is 7.48. The van der Waals surface area contributed by atoms with E-state index in [0.717, 1.165) is 29.2 Å². The largest absolute Gasteiger partial charge is 0.392 e. The van der Waals surface area contributed by atoms with E-state index in [1.54, 1.807) is 56.0 Å². The minimum Gasteiger partial charge on any atom is -0.392 e. The smallest absolute Gasteiger partial charge is 0.289 e. The van der Waals surface area contributed by atoms with Crippen molar-refractivity contribution in [1.82, 2.24) is 34.4 Å². The van der Waals surface area contributed by atoms with Crippen LogP contribution in [0, 0.1) is 5.82 Å². The van der Waals surface area contributed by atoms with Crippen LogP contribution in [0.25, 0.3) is 27.7 Å². The Kier molecular flexibility index (Phi) is 8.13. The highest BCUT2D eigenvalue weighted by Gasteiger charge is 2.27. The van der Waals surface area contributed by atoms with Gasteiger partial charge in [0.05, 0.1) is 48.5 Å². The van der Waals surface area contributed by atoms with Gasteiger partial charge in [-0.05, 0) is 42.3 Å². The van der Waals surface area contributed by atoms with Gasteiger partial charge in [0.25, 0.3) is 11.1 Å². The molecule has 1 aliphatic heterocycles. The van der Waals surface area contributed by atoms with Crippen molar-refractivity contribution in [3.63, 3.8) is 0 Å². The molecule has 0 bridgehead atoms. The fourth-order valence-corrected chi connectivity index (χ4v) is 5.73. The van der Waals surface area contributed by atoms with Crippen LogP contribution >= 0.6 is 0 Å². The van der Waals surface area contributed by atoms with E-state index in [2.05, 4.69) is 35.3 Å². The third-order valence-corrected chi connectivity index (χ3v) is 8.43. The van der Waals surface area contributed by atoms with Crippen molar-refractivity contribution in [1.29, 1.82) is 0 Å². The van der Waals surface area contributed by atoms with Crippen molar-refractivity contribution < 1.29 is 9.50 Å². The van der Waals surface area contributed by atoms with Gasteiger partial charge in [-0.1, -0.05) is 32.9 Å². The Hall–Kier alpha value is -5.01. The van der Waals surface area contributed by atoms with Gasteiger partial charge >= 0.3 is 0 Å². The fraction of sp³-hybridized carbons (Fsp3) is 0.333. The summed E-state index contributed by atoms with van der Waals surface area (Å²) in [5.41, 5.74) is 1.30. The number of nitrogens with one attached hydrogen (secondary N) is 1. The van der Waals surface area contributed by atoms with Gasteiger partial charge in [0.2, 0.25) is 0 Å². The Morgan fingerprint density at radius 3 is 2.57 bits per heavy atom. The van der Waals surface area contributed by atoms with E-state index < -0.39 is 18.0 Å². The number of benzene rings is 2. The molecule has 1 saturated heterocycles. The molecule has 0 spiro atoms. The molecule has 0 saturated carbocycles. The number of fused-ring (bicyclic) bond motifs is 1. The standard InChI is InChI=1S/C33H36FN9O3/c1-33(2,3)21-13-20-16-37-43(32(46)30(20)24(34)14-21)27-8-6-7-22(23(27)19-44)25-15-26(31(45)41(5)39-25)38-29-18-42(12-11-40(29)4)28-17-35-9-10-36-28/h6-10,13-17,29,38,44H,11-12,18-19H2,1-5H3. The molecule has 1 fully saturated rings. The van der Waals surface area contributed by atoms with E-state index in [-0.39, 0.29) is 28.2 Å². The van der Waals surface area contributed by atoms with E-state index in [9.17, 15) is 14.7 Å². The van der Waals surface area contributed by atoms with E-state index >= 15 is 4.39 Å². The molecule has 4 heterocycles. The number of anilines is 2. The number of hydrogen-bond donors (Lipinski definition) is 2. The monoisotopic (exact) mass is 625 g/mol. The Labute approximate surface area is 264 Å². The first-order valence-electron chi connectivity index (χ1n) is 15.0. The topological polar surface area (TPSA) is 134 Å². The molecule has 13 heteroatoms. The number of aromatic nitrogens is 6. The maximum atomic E-state index is 15.4. The number of aliphatic hydroxyl groups is 1. The van der Waals surface area contributed by atoms with E-state index in [1.807, 2.05) is 27.8 Å². The number of rotatable bonds is 6. The summed E-state index contributed by atoms with van der Waals surface area (Å²) < 4.78 is 17.7. The Balaban J connectivity index is 1.39. The number of hydrogen-bond acceptors (Lipinski definition) is 10. The number of aryl methyl sites for hydroxylation is 1. The summed E-state index contributed by atoms with van der Waals surface area (Å²) in [6.07, 6.45) is 6.22. The Morgan fingerprint density at radius 2 is 1.85 bits per heavy atom. The van der Waals surface area contributed by atoms with Crippen LogP contribution < -0.4 is 21.3 Å². The van der Waals surface area contributed by atoms with Crippen LogP contribution in [0.4, 0.5) is 15.9 Å². The molecule has 0 aliphatic carbocycles. The predicted molar refractivity (Wildman–Crippen MR) is 175 cm³/mol. The molecule has 2 aromatic carbocycles. The maximum Gasteiger partial charge on any atom is 0.289 e. The summed E-state index contributed by atoms with van der Waals surface area (Å²) >= 11 is 0. The van der Waals surface area contributed by atoms with Crippen molar-refractivity contribution >= 4 is 22.3 Å². The predicted octanol–water partition coefficient (Wildman–Crippen LogP) is 3.06. The molecule has 2 N–H and O–H groups in total. The first kappa shape index (κ1) is 31.0. The highest BCUT2D eigenvalue weighted by Crippen LogP contribution is 2.30. The Morgan fingerprint density at radius 1 is 1.04 bits per heavy atom. The molecule has 46 heavy (non-hydrogen) atoms. The van der Waals surface area contributed by atoms with E-state index in [1.165, 1.54) is 16.9 Å². The average molecular weight is 626 g/mol. The van der Waals surface area contributed by atoms with Crippen LogP contribution in [0.2, 0.25) is 0 Å². The van der Waals surface area contributed by atoms with Crippen LogP contribution in [-0.2, 0) is 19.1 Å². The first-order chi connectivity index (χ1) is 22.0. The molecular weight excluding hydrogens is 589 g/mol. The lowest BCUT2D eigenvalue weighted by atomic mass is 9.86. The number of nitrogens with zero attached hydrogens (tertiary/aromatic N) is 8. The van der Waals surface area contributed by atoms with Gasteiger partial charge in [-0.15, -0.1) is 0 Å². The second-order valence-corrected chi connectivity index (χ2v) is 12.5. The van der Waals surface area contributed by atoms with Crippen molar-refractivity contribution in [3.05, 3.63) is 98.8 Å². The summed E-state index contributed by atoms with van der Waals surface area (Å²) in [4.78, 5) is 39.7. The van der Waals surface area contributed by atoms with E-state index in [4.69, 9.17) is 0 Å². The molecule has 12 nitrogen and oxygen atoms in total. The summed E-state index contributed by atoms with van der Waals surface area (Å²) in [6, 6.07) is 9.89. The average Bonchev–Trinajstić information content (AvgIpc) is 3.03. The van der Waals surface area contributed by atoms with Crippen molar-refractivity contribution in [2.75, 3.05) is 36.9 Å². The molecular formula is C33H36FN9O3. The minimum absolute atomic E-state index is 0.0869. The number of halogens is 1. The quantitative estimate of drug-likeness (QED) is 0.290. The second kappa shape index (κ2) is 12.1. The molecule has 0 radical (unpaired) electrons. The van der Waals surface area contributed by atoms with Crippen LogP contribution in [0.1, 0.15) is 31.9 Å². The van der Waals surface area contributed by atoms with Crippen LogP contribution in [-0.4, -0.2) is 72.4 Å². The lowest BCUT2D eigenvalue weighted by Gasteiger charge is -2.40. The maximum absolute atomic E-state index is 15.4. The molecule has 1 atom stereocenters. The third kappa shape index (κ3) is 5.74. The highest BCUT2D eigenvalue weighted by atomic mass is 19.1.